The lowest BCUT2D eigenvalue weighted by Crippen LogP contribution is -2.09. The minimum atomic E-state index is 0.463. The predicted molar refractivity (Wildman–Crippen MR) is 90.5 cm³/mol. The number of benzene rings is 2. The van der Waals surface area contributed by atoms with Crippen molar-refractivity contribution in [1.29, 1.82) is 0 Å². The number of para-hydroxylation sites is 2. The summed E-state index contributed by atoms with van der Waals surface area (Å²) in [6.07, 6.45) is 1.88. The van der Waals surface area contributed by atoms with Crippen molar-refractivity contribution in [3.05, 3.63) is 59.9 Å². The van der Waals surface area contributed by atoms with E-state index >= 15 is 0 Å². The second-order valence-electron chi connectivity index (χ2n) is 5.97. The topological polar surface area (TPSA) is 27.1 Å². The summed E-state index contributed by atoms with van der Waals surface area (Å²) in [4.78, 5) is 4.41. The van der Waals surface area contributed by atoms with Gasteiger partial charge in [-0.3, -0.25) is 0 Å². The molecule has 0 N–H and O–H groups in total. The molecule has 3 nitrogen and oxygen atoms in total. The first-order valence-corrected chi connectivity index (χ1v) is 7.78. The number of imidazole rings is 1. The zero-order valence-corrected chi connectivity index (χ0v) is 13.4. The van der Waals surface area contributed by atoms with Crippen LogP contribution in [0, 0.1) is 6.92 Å². The van der Waals surface area contributed by atoms with E-state index in [1.165, 1.54) is 11.1 Å². The molecule has 0 bridgehead atoms. The summed E-state index contributed by atoms with van der Waals surface area (Å²) in [6, 6.07) is 14.6. The van der Waals surface area contributed by atoms with Crippen molar-refractivity contribution in [2.45, 2.75) is 33.2 Å². The minimum absolute atomic E-state index is 0.463. The van der Waals surface area contributed by atoms with Gasteiger partial charge in [0.15, 0.2) is 0 Å². The van der Waals surface area contributed by atoms with Gasteiger partial charge in [-0.05, 0) is 42.2 Å². The minimum Gasteiger partial charge on any atom is -0.491 e. The van der Waals surface area contributed by atoms with E-state index in [9.17, 15) is 0 Å². The third kappa shape index (κ3) is 2.98. The molecule has 0 unspecified atom stereocenters. The van der Waals surface area contributed by atoms with Crippen LogP contribution in [0.5, 0.6) is 5.75 Å². The molecular weight excluding hydrogens is 272 g/mol. The molecular formula is C19H22N2O. The smallest absolute Gasteiger partial charge is 0.123 e. The van der Waals surface area contributed by atoms with Gasteiger partial charge in [-0.15, -0.1) is 0 Å². The van der Waals surface area contributed by atoms with Crippen LogP contribution in [0.3, 0.4) is 0 Å². The van der Waals surface area contributed by atoms with Crippen molar-refractivity contribution in [3.63, 3.8) is 0 Å². The van der Waals surface area contributed by atoms with Gasteiger partial charge in [-0.2, -0.15) is 0 Å². The van der Waals surface area contributed by atoms with Crippen molar-refractivity contribution < 1.29 is 4.74 Å². The molecule has 0 spiro atoms. The first-order chi connectivity index (χ1) is 10.6. The Hall–Kier alpha value is -2.29. The van der Waals surface area contributed by atoms with Crippen molar-refractivity contribution in [3.8, 4) is 5.75 Å². The number of hydrogen-bond acceptors (Lipinski definition) is 2. The SMILES string of the molecule is Cc1ccc(C(C)C)c(OCCn2cnc3ccccc32)c1. The van der Waals surface area contributed by atoms with E-state index < -0.39 is 0 Å². The molecule has 0 aliphatic heterocycles. The van der Waals surface area contributed by atoms with Gasteiger partial charge in [0.05, 0.1) is 23.9 Å². The molecule has 0 saturated heterocycles. The second-order valence-corrected chi connectivity index (χ2v) is 5.97. The fourth-order valence-corrected chi connectivity index (χ4v) is 2.69. The van der Waals surface area contributed by atoms with Crippen LogP contribution >= 0.6 is 0 Å². The monoisotopic (exact) mass is 294 g/mol. The van der Waals surface area contributed by atoms with E-state index in [0.29, 0.717) is 12.5 Å². The Morgan fingerprint density at radius 3 is 2.77 bits per heavy atom. The summed E-state index contributed by atoms with van der Waals surface area (Å²) in [5.41, 5.74) is 4.67. The van der Waals surface area contributed by atoms with E-state index in [4.69, 9.17) is 4.74 Å². The third-order valence-electron chi connectivity index (χ3n) is 3.91. The Kier molecular flexibility index (Phi) is 4.14. The molecule has 0 fully saturated rings. The highest BCUT2D eigenvalue weighted by atomic mass is 16.5. The van der Waals surface area contributed by atoms with Crippen LogP contribution in [-0.4, -0.2) is 16.2 Å². The van der Waals surface area contributed by atoms with Gasteiger partial charge >= 0.3 is 0 Å². The molecule has 1 aromatic heterocycles. The largest absolute Gasteiger partial charge is 0.491 e. The van der Waals surface area contributed by atoms with Gasteiger partial charge in [0.25, 0.3) is 0 Å². The second kappa shape index (κ2) is 6.22. The van der Waals surface area contributed by atoms with Crippen LogP contribution in [0.2, 0.25) is 0 Å². The van der Waals surface area contributed by atoms with Crippen LogP contribution in [0.4, 0.5) is 0 Å². The zero-order valence-electron chi connectivity index (χ0n) is 13.4. The maximum atomic E-state index is 6.05. The lowest BCUT2D eigenvalue weighted by atomic mass is 10.0. The van der Waals surface area contributed by atoms with Gasteiger partial charge in [-0.1, -0.05) is 38.1 Å². The average Bonchev–Trinajstić information content (AvgIpc) is 2.91. The highest BCUT2D eigenvalue weighted by Gasteiger charge is 2.08. The van der Waals surface area contributed by atoms with Crippen LogP contribution in [0.15, 0.2) is 48.8 Å². The molecule has 0 amide bonds. The molecule has 114 valence electrons. The summed E-state index contributed by atoms with van der Waals surface area (Å²) >= 11 is 0. The van der Waals surface area contributed by atoms with E-state index in [0.717, 1.165) is 23.3 Å². The quantitative estimate of drug-likeness (QED) is 0.690. The third-order valence-corrected chi connectivity index (χ3v) is 3.91. The lowest BCUT2D eigenvalue weighted by molar-refractivity contribution is 0.296. The van der Waals surface area contributed by atoms with Crippen LogP contribution in [0.1, 0.15) is 30.9 Å². The van der Waals surface area contributed by atoms with E-state index in [-0.39, 0.29) is 0 Å². The van der Waals surface area contributed by atoms with E-state index in [2.05, 4.69) is 54.6 Å². The van der Waals surface area contributed by atoms with Crippen LogP contribution in [0.25, 0.3) is 11.0 Å². The molecule has 3 heteroatoms. The van der Waals surface area contributed by atoms with Gasteiger partial charge in [0, 0.05) is 0 Å². The molecule has 3 rings (SSSR count). The fraction of sp³-hybridized carbons (Fsp3) is 0.316. The number of ether oxygens (including phenoxy) is 1. The number of aryl methyl sites for hydroxylation is 1. The first-order valence-electron chi connectivity index (χ1n) is 7.78. The number of nitrogens with zero attached hydrogens (tertiary/aromatic N) is 2. The molecule has 0 saturated carbocycles. The molecule has 1 heterocycles. The Morgan fingerprint density at radius 1 is 1.14 bits per heavy atom. The van der Waals surface area contributed by atoms with Crippen molar-refractivity contribution in [1.82, 2.24) is 9.55 Å². The number of aromatic nitrogens is 2. The summed E-state index contributed by atoms with van der Waals surface area (Å²) < 4.78 is 8.19. The van der Waals surface area contributed by atoms with Gasteiger partial charge in [0.1, 0.15) is 12.4 Å². The average molecular weight is 294 g/mol. The molecule has 0 aliphatic carbocycles. The highest BCUT2D eigenvalue weighted by molar-refractivity contribution is 5.74. The van der Waals surface area contributed by atoms with E-state index in [1.807, 2.05) is 24.5 Å². The first kappa shape index (κ1) is 14.6. The maximum absolute atomic E-state index is 6.05. The molecule has 0 atom stereocenters. The molecule has 0 aliphatic rings. The van der Waals surface area contributed by atoms with Crippen molar-refractivity contribution >= 4 is 11.0 Å². The summed E-state index contributed by atoms with van der Waals surface area (Å²) in [7, 11) is 0. The predicted octanol–water partition coefficient (Wildman–Crippen LogP) is 4.55. The molecule has 0 radical (unpaired) electrons. The van der Waals surface area contributed by atoms with Gasteiger partial charge in [0.2, 0.25) is 0 Å². The van der Waals surface area contributed by atoms with Gasteiger partial charge < -0.3 is 9.30 Å². The van der Waals surface area contributed by atoms with Crippen molar-refractivity contribution in [2.24, 2.45) is 0 Å². The number of rotatable bonds is 5. The van der Waals surface area contributed by atoms with Crippen LogP contribution < -0.4 is 4.74 Å². The summed E-state index contributed by atoms with van der Waals surface area (Å²) in [5.74, 6) is 1.46. The Bertz CT molecular complexity index is 774. The fourth-order valence-electron chi connectivity index (χ4n) is 2.69. The maximum Gasteiger partial charge on any atom is 0.123 e. The van der Waals surface area contributed by atoms with E-state index in [1.54, 1.807) is 0 Å². The Balaban J connectivity index is 1.72. The standard InChI is InChI=1S/C19H22N2O/c1-14(2)16-9-8-15(3)12-19(16)22-11-10-21-13-20-17-6-4-5-7-18(17)21/h4-9,12-14H,10-11H2,1-3H3. The Morgan fingerprint density at radius 2 is 1.95 bits per heavy atom. The lowest BCUT2D eigenvalue weighted by Gasteiger charge is -2.15. The summed E-state index contributed by atoms with van der Waals surface area (Å²) in [5, 5.41) is 0. The van der Waals surface area contributed by atoms with Crippen molar-refractivity contribution in [2.75, 3.05) is 6.61 Å². The summed E-state index contributed by atoms with van der Waals surface area (Å²) in [6.45, 7) is 7.93. The normalized spacial score (nSPS) is 11.3. The zero-order chi connectivity index (χ0) is 15.5. The molecule has 2 aromatic carbocycles. The molecule has 22 heavy (non-hydrogen) atoms. The Labute approximate surface area is 131 Å². The highest BCUT2D eigenvalue weighted by Crippen LogP contribution is 2.27. The van der Waals surface area contributed by atoms with Gasteiger partial charge in [-0.25, -0.2) is 4.98 Å². The van der Waals surface area contributed by atoms with Crippen LogP contribution in [-0.2, 0) is 6.54 Å². The number of hydrogen-bond donors (Lipinski definition) is 0. The number of fused-ring (bicyclic) bond motifs is 1. The molecule has 3 aromatic rings.